The van der Waals surface area contributed by atoms with Crippen molar-refractivity contribution in [3.8, 4) is 6.07 Å². The van der Waals surface area contributed by atoms with E-state index in [-0.39, 0.29) is 5.75 Å². The van der Waals surface area contributed by atoms with Gasteiger partial charge in [-0.25, -0.2) is 13.1 Å². The predicted molar refractivity (Wildman–Crippen MR) is 72.8 cm³/mol. The molecule has 5 nitrogen and oxygen atoms in total. The summed E-state index contributed by atoms with van der Waals surface area (Å²) in [6.07, 6.45) is 0.770. The third kappa shape index (κ3) is 3.53. The highest BCUT2D eigenvalue weighted by Crippen LogP contribution is 2.17. The largest absolute Gasteiger partial charge is 0.315 e. The number of hydrogen-bond acceptors (Lipinski definition) is 4. The van der Waals surface area contributed by atoms with Crippen LogP contribution in [0.3, 0.4) is 0 Å². The third-order valence-electron chi connectivity index (χ3n) is 3.25. The van der Waals surface area contributed by atoms with Crippen molar-refractivity contribution in [2.24, 2.45) is 0 Å². The Hall–Kier alpha value is -1.42. The number of nitriles is 1. The van der Waals surface area contributed by atoms with Crippen LogP contribution in [-0.4, -0.2) is 27.0 Å². The van der Waals surface area contributed by atoms with Gasteiger partial charge in [-0.1, -0.05) is 18.2 Å². The number of nitrogens with zero attached hydrogens (tertiary/aromatic N) is 1. The molecule has 1 atom stereocenters. The zero-order valence-corrected chi connectivity index (χ0v) is 11.6. The van der Waals surface area contributed by atoms with Gasteiger partial charge in [0.25, 0.3) is 0 Å². The second kappa shape index (κ2) is 5.29. The molecule has 0 saturated carbocycles. The number of sulfonamides is 1. The van der Waals surface area contributed by atoms with Crippen LogP contribution >= 0.6 is 0 Å². The Labute approximate surface area is 113 Å². The third-order valence-corrected chi connectivity index (χ3v) is 4.75. The Morgan fingerprint density at radius 1 is 1.47 bits per heavy atom. The maximum atomic E-state index is 12.2. The van der Waals surface area contributed by atoms with E-state index in [9.17, 15) is 8.42 Å². The van der Waals surface area contributed by atoms with Gasteiger partial charge in [0.2, 0.25) is 10.0 Å². The molecule has 1 aliphatic rings. The Morgan fingerprint density at radius 3 is 2.84 bits per heavy atom. The summed E-state index contributed by atoms with van der Waals surface area (Å²) < 4.78 is 27.1. The van der Waals surface area contributed by atoms with E-state index in [0.717, 1.165) is 13.0 Å². The highest BCUT2D eigenvalue weighted by Gasteiger charge is 2.32. The molecule has 1 aromatic carbocycles. The highest BCUT2D eigenvalue weighted by atomic mass is 32.2. The molecule has 1 aromatic rings. The molecule has 1 aliphatic heterocycles. The fourth-order valence-corrected chi connectivity index (χ4v) is 3.93. The molecule has 0 amide bonds. The Morgan fingerprint density at radius 2 is 2.21 bits per heavy atom. The van der Waals surface area contributed by atoms with Crippen LogP contribution in [0.15, 0.2) is 24.3 Å². The summed E-state index contributed by atoms with van der Waals surface area (Å²) in [6, 6.07) is 8.79. The lowest BCUT2D eigenvalue weighted by Crippen LogP contribution is -2.47. The van der Waals surface area contributed by atoms with Gasteiger partial charge in [0.1, 0.15) is 0 Å². The van der Waals surface area contributed by atoms with Crippen LogP contribution in [0.5, 0.6) is 0 Å². The molecule has 1 heterocycles. The molecule has 1 saturated heterocycles. The van der Waals surface area contributed by atoms with E-state index >= 15 is 0 Å². The summed E-state index contributed by atoms with van der Waals surface area (Å²) in [4.78, 5) is 0. The molecule has 19 heavy (non-hydrogen) atoms. The number of benzene rings is 1. The zero-order chi connectivity index (χ0) is 13.9. The van der Waals surface area contributed by atoms with Crippen molar-refractivity contribution < 1.29 is 8.42 Å². The summed E-state index contributed by atoms with van der Waals surface area (Å²) in [5.74, 6) is -0.160. The fourth-order valence-electron chi connectivity index (χ4n) is 2.28. The van der Waals surface area contributed by atoms with Crippen LogP contribution in [0.1, 0.15) is 24.5 Å². The first kappa shape index (κ1) is 14.0. The summed E-state index contributed by atoms with van der Waals surface area (Å²) in [5.41, 5.74) is 0.509. The lowest BCUT2D eigenvalue weighted by molar-refractivity contribution is 0.451. The second-order valence-electron chi connectivity index (χ2n) is 5.12. The van der Waals surface area contributed by atoms with E-state index < -0.39 is 15.6 Å². The average Bonchev–Trinajstić information content (AvgIpc) is 2.74. The molecule has 1 unspecified atom stereocenters. The minimum absolute atomic E-state index is 0.160. The SMILES string of the molecule is CC1(NS(=O)(=O)Cc2ccccc2C#N)CCNC1. The average molecular weight is 279 g/mol. The van der Waals surface area contributed by atoms with Gasteiger partial charge in [0, 0.05) is 12.1 Å². The van der Waals surface area contributed by atoms with Gasteiger partial charge < -0.3 is 5.32 Å². The van der Waals surface area contributed by atoms with Crippen LogP contribution in [-0.2, 0) is 15.8 Å². The molecular weight excluding hydrogens is 262 g/mol. The van der Waals surface area contributed by atoms with Gasteiger partial charge >= 0.3 is 0 Å². The van der Waals surface area contributed by atoms with Crippen molar-refractivity contribution in [2.75, 3.05) is 13.1 Å². The topological polar surface area (TPSA) is 82.0 Å². The van der Waals surface area contributed by atoms with Crippen molar-refractivity contribution in [2.45, 2.75) is 24.6 Å². The summed E-state index contributed by atoms with van der Waals surface area (Å²) in [7, 11) is -3.45. The lowest BCUT2D eigenvalue weighted by atomic mass is 10.0. The van der Waals surface area contributed by atoms with Gasteiger partial charge in [-0.3, -0.25) is 0 Å². The molecular formula is C13H17N3O2S. The van der Waals surface area contributed by atoms with Crippen molar-refractivity contribution in [3.63, 3.8) is 0 Å². The maximum Gasteiger partial charge on any atom is 0.216 e. The molecule has 6 heteroatoms. The molecule has 102 valence electrons. The number of rotatable bonds is 4. The Balaban J connectivity index is 2.15. The Kier molecular flexibility index (Phi) is 3.90. The first-order valence-electron chi connectivity index (χ1n) is 6.14. The van der Waals surface area contributed by atoms with Crippen LogP contribution in [0, 0.1) is 11.3 Å². The number of hydrogen-bond donors (Lipinski definition) is 2. The predicted octanol–water partition coefficient (Wildman–Crippen LogP) is 0.730. The molecule has 0 radical (unpaired) electrons. The molecule has 0 aliphatic carbocycles. The van der Waals surface area contributed by atoms with Crippen LogP contribution in [0.2, 0.25) is 0 Å². The van der Waals surface area contributed by atoms with Crippen LogP contribution in [0.25, 0.3) is 0 Å². The zero-order valence-electron chi connectivity index (χ0n) is 10.8. The summed E-state index contributed by atoms with van der Waals surface area (Å²) in [5, 5.41) is 12.1. The van der Waals surface area contributed by atoms with E-state index in [0.29, 0.717) is 17.7 Å². The van der Waals surface area contributed by atoms with Gasteiger partial charge in [-0.15, -0.1) is 0 Å². The molecule has 0 spiro atoms. The monoisotopic (exact) mass is 279 g/mol. The van der Waals surface area contributed by atoms with Gasteiger partial charge in [0.15, 0.2) is 0 Å². The summed E-state index contributed by atoms with van der Waals surface area (Å²) >= 11 is 0. The molecule has 0 aromatic heterocycles. The van der Waals surface area contributed by atoms with Crippen LogP contribution < -0.4 is 10.0 Å². The lowest BCUT2D eigenvalue weighted by Gasteiger charge is -2.24. The molecule has 0 bridgehead atoms. The van der Waals surface area contributed by atoms with E-state index in [2.05, 4.69) is 10.0 Å². The van der Waals surface area contributed by atoms with E-state index in [1.54, 1.807) is 24.3 Å². The Bertz CT molecular complexity index is 599. The van der Waals surface area contributed by atoms with Gasteiger partial charge in [-0.2, -0.15) is 5.26 Å². The fraction of sp³-hybridized carbons (Fsp3) is 0.462. The molecule has 1 fully saturated rings. The normalized spacial score (nSPS) is 23.2. The first-order chi connectivity index (χ1) is 8.94. The van der Waals surface area contributed by atoms with E-state index in [4.69, 9.17) is 5.26 Å². The smallest absolute Gasteiger partial charge is 0.216 e. The maximum absolute atomic E-state index is 12.2. The minimum Gasteiger partial charge on any atom is -0.315 e. The van der Waals surface area contributed by atoms with E-state index in [1.165, 1.54) is 0 Å². The van der Waals surface area contributed by atoms with Crippen LogP contribution in [0.4, 0.5) is 0 Å². The second-order valence-corrected chi connectivity index (χ2v) is 6.84. The molecule has 2 rings (SSSR count). The number of nitrogens with one attached hydrogen (secondary N) is 2. The summed E-state index contributed by atoms with van der Waals surface area (Å²) in [6.45, 7) is 3.33. The minimum atomic E-state index is -3.45. The van der Waals surface area contributed by atoms with Gasteiger partial charge in [-0.05, 0) is 31.5 Å². The van der Waals surface area contributed by atoms with Crippen molar-refractivity contribution in [3.05, 3.63) is 35.4 Å². The highest BCUT2D eigenvalue weighted by molar-refractivity contribution is 7.88. The van der Waals surface area contributed by atoms with Crippen molar-refractivity contribution in [1.29, 1.82) is 5.26 Å². The molecule has 2 N–H and O–H groups in total. The van der Waals surface area contributed by atoms with Crippen molar-refractivity contribution >= 4 is 10.0 Å². The van der Waals surface area contributed by atoms with E-state index in [1.807, 2.05) is 13.0 Å². The quantitative estimate of drug-likeness (QED) is 0.851. The van der Waals surface area contributed by atoms with Gasteiger partial charge in [0.05, 0.1) is 17.4 Å². The standard InChI is InChI=1S/C13H17N3O2S/c1-13(6-7-15-10-13)16-19(17,18)9-12-5-3-2-4-11(12)8-14/h2-5,15-16H,6-7,9-10H2,1H3. The van der Waals surface area contributed by atoms with Crippen molar-refractivity contribution in [1.82, 2.24) is 10.0 Å². The first-order valence-corrected chi connectivity index (χ1v) is 7.80.